The Balaban J connectivity index is 2.27. The first-order chi connectivity index (χ1) is 28.8. The third-order valence-corrected chi connectivity index (χ3v) is 10.4. The van der Waals surface area contributed by atoms with Crippen molar-refractivity contribution in [3.63, 3.8) is 0 Å². The zero-order valence-electron chi connectivity index (χ0n) is 37.0. The molecule has 1 fully saturated rings. The molecule has 340 valence electrons. The van der Waals surface area contributed by atoms with Crippen molar-refractivity contribution in [1.29, 1.82) is 0 Å². The Bertz CT molecular complexity index is 1150. The van der Waals surface area contributed by atoms with Crippen LogP contribution in [0.2, 0.25) is 0 Å². The van der Waals surface area contributed by atoms with Gasteiger partial charge >= 0.3 is 11.9 Å². The molecule has 1 aliphatic rings. The van der Waals surface area contributed by atoms with E-state index in [1.165, 1.54) is 51.4 Å². The number of hydrogen-bond acceptors (Lipinski definition) is 10. The lowest BCUT2D eigenvalue weighted by atomic mass is 9.99. The molecule has 1 aliphatic heterocycles. The number of allylic oxidation sites excluding steroid dienone is 10. The quantitative estimate of drug-likeness (QED) is 0.0269. The second-order valence-corrected chi connectivity index (χ2v) is 15.8. The maximum absolute atomic E-state index is 12.8. The van der Waals surface area contributed by atoms with Gasteiger partial charge < -0.3 is 39.4 Å². The van der Waals surface area contributed by atoms with E-state index in [1.807, 2.05) is 0 Å². The molecule has 10 nitrogen and oxygen atoms in total. The molecular weight excluding hydrogens is 749 g/mol. The molecule has 10 heteroatoms. The minimum atomic E-state index is -1.60. The van der Waals surface area contributed by atoms with E-state index in [0.29, 0.717) is 12.8 Å². The molecule has 0 aromatic heterocycles. The van der Waals surface area contributed by atoms with Gasteiger partial charge in [0.15, 0.2) is 12.4 Å². The largest absolute Gasteiger partial charge is 0.462 e. The smallest absolute Gasteiger partial charge is 0.306 e. The Hall–Kier alpha value is -2.60. The number of aliphatic hydroxyl groups is 4. The number of rotatable bonds is 38. The number of aliphatic hydroxyl groups excluding tert-OH is 4. The third-order valence-electron chi connectivity index (χ3n) is 10.4. The van der Waals surface area contributed by atoms with Crippen molar-refractivity contribution in [2.45, 2.75) is 218 Å². The van der Waals surface area contributed by atoms with Crippen LogP contribution in [0.15, 0.2) is 60.8 Å². The molecule has 0 aromatic rings. The van der Waals surface area contributed by atoms with Gasteiger partial charge in [-0.25, -0.2) is 0 Å². The molecule has 1 saturated heterocycles. The number of esters is 2. The molecule has 1 heterocycles. The van der Waals surface area contributed by atoms with Crippen LogP contribution in [0.3, 0.4) is 0 Å². The molecule has 4 N–H and O–H groups in total. The fourth-order valence-corrected chi connectivity index (χ4v) is 6.69. The van der Waals surface area contributed by atoms with Crippen LogP contribution in [0, 0.1) is 0 Å². The number of carbonyl (C=O) groups is 2. The second kappa shape index (κ2) is 39.5. The normalized spacial score (nSPS) is 20.5. The minimum Gasteiger partial charge on any atom is -0.462 e. The highest BCUT2D eigenvalue weighted by Crippen LogP contribution is 2.22. The summed E-state index contributed by atoms with van der Waals surface area (Å²) >= 11 is 0. The molecule has 1 rings (SSSR count). The highest BCUT2D eigenvalue weighted by atomic mass is 16.7. The van der Waals surface area contributed by atoms with Gasteiger partial charge in [0, 0.05) is 12.8 Å². The molecule has 0 radical (unpaired) electrons. The molecule has 6 atom stereocenters. The van der Waals surface area contributed by atoms with Gasteiger partial charge in [0.25, 0.3) is 0 Å². The zero-order valence-corrected chi connectivity index (χ0v) is 37.0. The molecule has 6 unspecified atom stereocenters. The number of unbranched alkanes of at least 4 members (excludes halogenated alkanes) is 17. The second-order valence-electron chi connectivity index (χ2n) is 15.8. The van der Waals surface area contributed by atoms with Gasteiger partial charge in [0.2, 0.25) is 0 Å². The Labute approximate surface area is 358 Å². The summed E-state index contributed by atoms with van der Waals surface area (Å²) in [6, 6.07) is 0. The lowest BCUT2D eigenvalue weighted by molar-refractivity contribution is -0.305. The predicted molar refractivity (Wildman–Crippen MR) is 238 cm³/mol. The van der Waals surface area contributed by atoms with E-state index in [0.717, 1.165) is 89.9 Å². The monoisotopic (exact) mass is 833 g/mol. The van der Waals surface area contributed by atoms with Gasteiger partial charge in [-0.3, -0.25) is 9.59 Å². The highest BCUT2D eigenvalue weighted by Gasteiger charge is 2.44. The average molecular weight is 833 g/mol. The fraction of sp³-hybridized carbons (Fsp3) is 0.755. The molecule has 0 aliphatic carbocycles. The Morgan fingerprint density at radius 2 is 1.00 bits per heavy atom. The van der Waals surface area contributed by atoms with Crippen molar-refractivity contribution < 1.29 is 49.0 Å². The summed E-state index contributed by atoms with van der Waals surface area (Å²) in [6.07, 6.45) is 40.9. The lowest BCUT2D eigenvalue weighted by Crippen LogP contribution is -2.59. The Morgan fingerprint density at radius 1 is 0.542 bits per heavy atom. The van der Waals surface area contributed by atoms with Crippen molar-refractivity contribution >= 4 is 11.9 Å². The Morgan fingerprint density at radius 3 is 1.53 bits per heavy atom. The van der Waals surface area contributed by atoms with E-state index in [1.54, 1.807) is 0 Å². The maximum Gasteiger partial charge on any atom is 0.306 e. The standard InChI is InChI=1S/C49H84O10/c1-3-5-7-9-11-13-15-16-17-18-19-20-21-22-23-24-25-26-28-30-32-34-36-38-45(52)58-42(41-57-49-48(55)47(54)46(53)43(39-50)59-49)40-56-44(51)37-35-33-31-29-27-14-12-10-8-6-4-2/h5,7,10-13,16-17,19-20,42-43,46-50,53-55H,3-4,6,8-9,14-15,18,21-41H2,1-2H3/b7-5-,12-10-,13-11-,17-16-,20-19-. The fourth-order valence-electron chi connectivity index (χ4n) is 6.69. The SMILES string of the molecule is CC/C=C\C/C=C\C/C=C\C/C=C\CCCCCCCCCCCCC(=O)OC(COC(=O)CCCCCCC/C=C\CCCC)COC1OC(CO)C(O)C(O)C1O. The van der Waals surface area contributed by atoms with E-state index in [-0.39, 0.29) is 32.0 Å². The molecule has 0 aromatic carbocycles. The first-order valence-electron chi connectivity index (χ1n) is 23.4. The van der Waals surface area contributed by atoms with Gasteiger partial charge in [-0.15, -0.1) is 0 Å². The molecule has 59 heavy (non-hydrogen) atoms. The predicted octanol–water partition coefficient (Wildman–Crippen LogP) is 10.2. The molecule has 0 spiro atoms. The lowest BCUT2D eigenvalue weighted by Gasteiger charge is -2.39. The van der Waals surface area contributed by atoms with E-state index in [9.17, 15) is 30.0 Å². The summed E-state index contributed by atoms with van der Waals surface area (Å²) in [5, 5.41) is 40.1. The van der Waals surface area contributed by atoms with E-state index in [4.69, 9.17) is 18.9 Å². The summed E-state index contributed by atoms with van der Waals surface area (Å²) < 4.78 is 22.1. The molecule has 0 bridgehead atoms. The number of carbonyl (C=O) groups excluding carboxylic acids is 2. The maximum atomic E-state index is 12.8. The zero-order chi connectivity index (χ0) is 43.0. The first kappa shape index (κ1) is 54.4. The Kier molecular flexibility index (Phi) is 36.5. The van der Waals surface area contributed by atoms with E-state index in [2.05, 4.69) is 74.6 Å². The van der Waals surface area contributed by atoms with Gasteiger partial charge in [0.1, 0.15) is 31.0 Å². The van der Waals surface area contributed by atoms with Gasteiger partial charge in [0.05, 0.1) is 13.2 Å². The van der Waals surface area contributed by atoms with Gasteiger partial charge in [-0.05, 0) is 70.6 Å². The summed E-state index contributed by atoms with van der Waals surface area (Å²) in [7, 11) is 0. The van der Waals surface area contributed by atoms with Crippen LogP contribution in [-0.4, -0.2) is 89.0 Å². The summed E-state index contributed by atoms with van der Waals surface area (Å²) in [5.74, 6) is -0.825. The van der Waals surface area contributed by atoms with Crippen LogP contribution in [0.1, 0.15) is 181 Å². The van der Waals surface area contributed by atoms with Crippen LogP contribution in [-0.2, 0) is 28.5 Å². The van der Waals surface area contributed by atoms with Crippen LogP contribution >= 0.6 is 0 Å². The summed E-state index contributed by atoms with van der Waals surface area (Å²) in [6.45, 7) is 3.25. The van der Waals surface area contributed by atoms with Gasteiger partial charge in [-0.1, -0.05) is 158 Å². The topological polar surface area (TPSA) is 152 Å². The van der Waals surface area contributed by atoms with Crippen LogP contribution < -0.4 is 0 Å². The van der Waals surface area contributed by atoms with Crippen LogP contribution in [0.4, 0.5) is 0 Å². The first-order valence-corrected chi connectivity index (χ1v) is 23.4. The molecule has 0 amide bonds. The summed E-state index contributed by atoms with van der Waals surface area (Å²) in [4.78, 5) is 25.3. The minimum absolute atomic E-state index is 0.221. The van der Waals surface area contributed by atoms with Crippen molar-refractivity contribution in [3.05, 3.63) is 60.8 Å². The average Bonchev–Trinajstić information content (AvgIpc) is 3.23. The summed E-state index contributed by atoms with van der Waals surface area (Å²) in [5.41, 5.74) is 0. The van der Waals surface area contributed by atoms with Crippen molar-refractivity contribution in [3.8, 4) is 0 Å². The molecular formula is C49H84O10. The van der Waals surface area contributed by atoms with Gasteiger partial charge in [-0.2, -0.15) is 0 Å². The van der Waals surface area contributed by atoms with Crippen molar-refractivity contribution in [1.82, 2.24) is 0 Å². The number of ether oxygens (including phenoxy) is 4. The van der Waals surface area contributed by atoms with Crippen molar-refractivity contribution in [2.24, 2.45) is 0 Å². The van der Waals surface area contributed by atoms with Crippen LogP contribution in [0.5, 0.6) is 0 Å². The number of hydrogen-bond donors (Lipinski definition) is 4. The highest BCUT2D eigenvalue weighted by molar-refractivity contribution is 5.70. The molecule has 0 saturated carbocycles. The third kappa shape index (κ3) is 31.0. The van der Waals surface area contributed by atoms with Crippen molar-refractivity contribution in [2.75, 3.05) is 19.8 Å². The van der Waals surface area contributed by atoms with E-state index >= 15 is 0 Å². The van der Waals surface area contributed by atoms with Crippen LogP contribution in [0.25, 0.3) is 0 Å². The van der Waals surface area contributed by atoms with E-state index < -0.39 is 49.4 Å².